The molecule has 27 heavy (non-hydrogen) atoms. The van der Waals surface area contributed by atoms with E-state index in [-0.39, 0.29) is 18.0 Å². The molecule has 0 saturated heterocycles. The third-order valence-corrected chi connectivity index (χ3v) is 5.08. The van der Waals surface area contributed by atoms with Crippen LogP contribution >= 0.6 is 11.8 Å². The van der Waals surface area contributed by atoms with Crippen molar-refractivity contribution in [1.29, 1.82) is 0 Å². The van der Waals surface area contributed by atoms with E-state index in [1.165, 1.54) is 17.0 Å². The third-order valence-electron chi connectivity index (χ3n) is 4.00. The highest BCUT2D eigenvalue weighted by Crippen LogP contribution is 2.23. The van der Waals surface area contributed by atoms with E-state index in [0.29, 0.717) is 5.56 Å². The lowest BCUT2D eigenvalue weighted by Crippen LogP contribution is -2.26. The van der Waals surface area contributed by atoms with Crippen LogP contribution in [0.15, 0.2) is 71.9 Å². The predicted molar refractivity (Wildman–Crippen MR) is 102 cm³/mol. The van der Waals surface area contributed by atoms with E-state index in [0.717, 1.165) is 22.3 Å². The molecule has 3 rings (SSSR count). The first-order chi connectivity index (χ1) is 13.0. The van der Waals surface area contributed by atoms with Crippen LogP contribution in [0, 0.1) is 11.6 Å². The van der Waals surface area contributed by atoms with E-state index in [2.05, 4.69) is 4.98 Å². The van der Waals surface area contributed by atoms with Crippen LogP contribution in [-0.4, -0.2) is 22.8 Å². The van der Waals surface area contributed by atoms with E-state index in [9.17, 15) is 13.6 Å². The van der Waals surface area contributed by atoms with Gasteiger partial charge in [0.15, 0.2) is 0 Å². The van der Waals surface area contributed by atoms with Crippen molar-refractivity contribution in [3.8, 4) is 0 Å². The van der Waals surface area contributed by atoms with Crippen LogP contribution in [0.4, 0.5) is 8.78 Å². The maximum Gasteiger partial charge on any atom is 0.253 e. The molecule has 0 aliphatic heterocycles. The number of rotatable bonds is 6. The molecule has 0 unspecified atom stereocenters. The van der Waals surface area contributed by atoms with Gasteiger partial charge >= 0.3 is 0 Å². The van der Waals surface area contributed by atoms with Gasteiger partial charge in [-0.1, -0.05) is 12.1 Å². The summed E-state index contributed by atoms with van der Waals surface area (Å²) < 4.78 is 26.8. The highest BCUT2D eigenvalue weighted by molar-refractivity contribution is 7.98. The summed E-state index contributed by atoms with van der Waals surface area (Å²) in [5.41, 5.74) is 1.92. The second kappa shape index (κ2) is 8.77. The lowest BCUT2D eigenvalue weighted by Gasteiger charge is -2.18. The Labute approximate surface area is 161 Å². The molecule has 138 valence electrons. The molecular formula is C21H18F2N2OS. The quantitative estimate of drug-likeness (QED) is 0.566. The highest BCUT2D eigenvalue weighted by atomic mass is 32.2. The number of amides is 1. The minimum Gasteiger partial charge on any atom is -0.337 e. The molecule has 6 heteroatoms. The summed E-state index contributed by atoms with van der Waals surface area (Å²) in [7, 11) is 1.59. The predicted octanol–water partition coefficient (Wildman–Crippen LogP) is 4.92. The molecule has 0 saturated carbocycles. The number of hydrogen-bond acceptors (Lipinski definition) is 3. The number of thioether (sulfide) groups is 1. The molecule has 0 N–H and O–H groups in total. The number of pyridine rings is 1. The van der Waals surface area contributed by atoms with E-state index in [1.807, 2.05) is 30.5 Å². The number of hydrogen-bond donors (Lipinski definition) is 0. The normalized spacial score (nSPS) is 10.6. The van der Waals surface area contributed by atoms with Crippen LogP contribution in [0.1, 0.15) is 21.5 Å². The Morgan fingerprint density at radius 1 is 1.11 bits per heavy atom. The minimum atomic E-state index is -0.656. The van der Waals surface area contributed by atoms with E-state index >= 15 is 0 Å². The zero-order valence-corrected chi connectivity index (χ0v) is 15.5. The van der Waals surface area contributed by atoms with Gasteiger partial charge in [0.05, 0.1) is 0 Å². The fourth-order valence-corrected chi connectivity index (χ4v) is 3.37. The Morgan fingerprint density at radius 3 is 2.56 bits per heavy atom. The molecule has 1 heterocycles. The van der Waals surface area contributed by atoms with Crippen molar-refractivity contribution in [3.63, 3.8) is 0 Å². The van der Waals surface area contributed by atoms with Crippen LogP contribution in [0.5, 0.6) is 0 Å². The Bertz CT molecular complexity index is 917. The molecule has 0 aliphatic carbocycles. The average molecular weight is 384 g/mol. The van der Waals surface area contributed by atoms with Crippen molar-refractivity contribution in [1.82, 2.24) is 9.88 Å². The van der Waals surface area contributed by atoms with E-state index in [4.69, 9.17) is 0 Å². The number of benzene rings is 2. The minimum absolute atomic E-state index is 0.0719. The van der Waals surface area contributed by atoms with Gasteiger partial charge in [-0.15, -0.1) is 11.8 Å². The number of nitrogens with zero attached hydrogens (tertiary/aromatic N) is 2. The number of carbonyl (C=O) groups excluding carboxylic acids is 1. The summed E-state index contributed by atoms with van der Waals surface area (Å²) in [5, 5.41) is 0. The smallest absolute Gasteiger partial charge is 0.253 e. The number of aromatic nitrogens is 1. The van der Waals surface area contributed by atoms with Crippen LogP contribution in [0.25, 0.3) is 0 Å². The summed E-state index contributed by atoms with van der Waals surface area (Å²) >= 11 is 1.66. The second-order valence-corrected chi connectivity index (χ2v) is 7.12. The summed E-state index contributed by atoms with van der Waals surface area (Å²) in [6.07, 6.45) is 3.57. The third kappa shape index (κ3) is 5.14. The Kier molecular flexibility index (Phi) is 6.19. The lowest BCUT2D eigenvalue weighted by molar-refractivity contribution is 0.0784. The molecule has 1 amide bonds. The number of carbonyl (C=O) groups is 1. The molecular weight excluding hydrogens is 366 g/mol. The van der Waals surface area contributed by atoms with Gasteiger partial charge in [-0.05, 0) is 42.0 Å². The molecule has 0 atom stereocenters. The number of halogens is 2. The SMILES string of the molecule is CN(Cc1ccc(F)cc1F)C(=O)c1ccc(SCc2cccnc2)cc1. The lowest BCUT2D eigenvalue weighted by atomic mass is 10.1. The van der Waals surface area contributed by atoms with Crippen molar-refractivity contribution in [3.05, 3.63) is 95.3 Å². The molecule has 3 aromatic rings. The van der Waals surface area contributed by atoms with Gasteiger partial charge in [-0.3, -0.25) is 9.78 Å². The van der Waals surface area contributed by atoms with Gasteiger partial charge < -0.3 is 4.90 Å². The van der Waals surface area contributed by atoms with Crippen molar-refractivity contribution in [2.45, 2.75) is 17.2 Å². The molecule has 0 fully saturated rings. The molecule has 2 aromatic carbocycles. The zero-order chi connectivity index (χ0) is 19.2. The van der Waals surface area contributed by atoms with Crippen LogP contribution in [-0.2, 0) is 12.3 Å². The van der Waals surface area contributed by atoms with Gasteiger partial charge in [-0.2, -0.15) is 0 Å². The fraction of sp³-hybridized carbons (Fsp3) is 0.143. The highest BCUT2D eigenvalue weighted by Gasteiger charge is 2.14. The topological polar surface area (TPSA) is 33.2 Å². The van der Waals surface area contributed by atoms with Gasteiger partial charge in [0.2, 0.25) is 0 Å². The summed E-state index contributed by atoms with van der Waals surface area (Å²) in [6, 6.07) is 14.6. The molecule has 3 nitrogen and oxygen atoms in total. The Hall–Kier alpha value is -2.73. The molecule has 1 aromatic heterocycles. The first kappa shape index (κ1) is 19.0. The van der Waals surface area contributed by atoms with Crippen LogP contribution in [0.3, 0.4) is 0 Å². The molecule has 0 bridgehead atoms. The zero-order valence-electron chi connectivity index (χ0n) is 14.7. The van der Waals surface area contributed by atoms with Crippen molar-refractivity contribution < 1.29 is 13.6 Å². The second-order valence-electron chi connectivity index (χ2n) is 6.07. The Balaban J connectivity index is 1.61. The van der Waals surface area contributed by atoms with E-state index in [1.54, 1.807) is 37.1 Å². The van der Waals surface area contributed by atoms with Crippen molar-refractivity contribution >= 4 is 17.7 Å². The van der Waals surface area contributed by atoms with Gasteiger partial charge in [0, 0.05) is 53.8 Å². The summed E-state index contributed by atoms with van der Waals surface area (Å²) in [5.74, 6) is -0.714. The molecule has 0 radical (unpaired) electrons. The fourth-order valence-electron chi connectivity index (χ4n) is 2.54. The maximum atomic E-state index is 13.8. The van der Waals surface area contributed by atoms with Crippen LogP contribution in [0.2, 0.25) is 0 Å². The van der Waals surface area contributed by atoms with Crippen molar-refractivity contribution in [2.75, 3.05) is 7.05 Å². The monoisotopic (exact) mass is 384 g/mol. The van der Waals surface area contributed by atoms with E-state index < -0.39 is 11.6 Å². The standard InChI is InChI=1S/C21H18F2N2OS/c1-25(13-17-4-7-18(22)11-20(17)23)21(26)16-5-8-19(9-6-16)27-14-15-3-2-10-24-12-15/h2-12H,13-14H2,1H3. The molecule has 0 spiro atoms. The van der Waals surface area contributed by atoms with Crippen LogP contribution < -0.4 is 0 Å². The maximum absolute atomic E-state index is 13.8. The summed E-state index contributed by atoms with van der Waals surface area (Å²) in [4.78, 5) is 19.1. The summed E-state index contributed by atoms with van der Waals surface area (Å²) in [6.45, 7) is 0.0719. The molecule has 0 aliphatic rings. The average Bonchev–Trinajstić information content (AvgIpc) is 2.69. The first-order valence-corrected chi connectivity index (χ1v) is 9.32. The first-order valence-electron chi connectivity index (χ1n) is 8.34. The van der Waals surface area contributed by atoms with Crippen molar-refractivity contribution in [2.24, 2.45) is 0 Å². The van der Waals surface area contributed by atoms with Gasteiger partial charge in [-0.25, -0.2) is 8.78 Å². The largest absolute Gasteiger partial charge is 0.337 e. The van der Waals surface area contributed by atoms with Gasteiger partial charge in [0.25, 0.3) is 5.91 Å². The van der Waals surface area contributed by atoms with Gasteiger partial charge in [0.1, 0.15) is 11.6 Å². The Morgan fingerprint density at radius 2 is 1.89 bits per heavy atom.